The van der Waals surface area contributed by atoms with Gasteiger partial charge in [0.2, 0.25) is 5.13 Å². The van der Waals surface area contributed by atoms with Crippen LogP contribution >= 0.6 is 11.3 Å². The molecule has 88 valence electrons. The molecule has 0 bridgehead atoms. The molecular weight excluding hydrogens is 240 g/mol. The Bertz CT molecular complexity index is 566. The molecule has 2 heterocycles. The van der Waals surface area contributed by atoms with E-state index in [1.165, 1.54) is 11.3 Å². The number of carbonyl (C=O) groups excluding carboxylic acids is 1. The molecule has 0 radical (unpaired) electrons. The highest BCUT2D eigenvalue weighted by Gasteiger charge is 2.09. The van der Waals surface area contributed by atoms with Gasteiger partial charge in [-0.2, -0.15) is 0 Å². The van der Waals surface area contributed by atoms with Gasteiger partial charge >= 0.3 is 0 Å². The Morgan fingerprint density at radius 3 is 2.59 bits per heavy atom. The number of aromatic nitrogens is 4. The Labute approximate surface area is 101 Å². The fourth-order valence-electron chi connectivity index (χ4n) is 1.25. The Balaban J connectivity index is 2.23. The molecule has 0 fully saturated rings. The maximum atomic E-state index is 11.0. The lowest BCUT2D eigenvalue weighted by Gasteiger charge is -2.03. The third-order valence-corrected chi connectivity index (χ3v) is 2.73. The minimum atomic E-state index is -0.590. The molecule has 17 heavy (non-hydrogen) atoms. The lowest BCUT2D eigenvalue weighted by molar-refractivity contribution is 0.0994. The van der Waals surface area contributed by atoms with Crippen molar-refractivity contribution in [2.75, 3.05) is 5.32 Å². The molecule has 0 saturated heterocycles. The van der Waals surface area contributed by atoms with Crippen LogP contribution in [0.25, 0.3) is 0 Å². The van der Waals surface area contributed by atoms with Gasteiger partial charge in [0.25, 0.3) is 5.91 Å². The van der Waals surface area contributed by atoms with Gasteiger partial charge in [0.15, 0.2) is 11.5 Å². The molecule has 0 atom stereocenters. The van der Waals surface area contributed by atoms with E-state index in [1.54, 1.807) is 13.0 Å². The van der Waals surface area contributed by atoms with Gasteiger partial charge in [-0.25, -0.2) is 0 Å². The minimum Gasteiger partial charge on any atom is -0.364 e. The lowest BCUT2D eigenvalue weighted by Crippen LogP contribution is -2.16. The Morgan fingerprint density at radius 1 is 1.29 bits per heavy atom. The summed E-state index contributed by atoms with van der Waals surface area (Å²) >= 11 is 1.41. The normalized spacial score (nSPS) is 10.2. The topological polar surface area (TPSA) is 107 Å². The van der Waals surface area contributed by atoms with Crippen molar-refractivity contribution in [3.63, 3.8) is 0 Å². The van der Waals surface area contributed by atoms with Crippen LogP contribution in [0.4, 0.5) is 10.9 Å². The molecule has 0 unspecified atom stereocenters. The number of rotatable bonds is 3. The van der Waals surface area contributed by atoms with Crippen LogP contribution in [0.1, 0.15) is 21.1 Å². The predicted octanol–water partition coefficient (Wildman–Crippen LogP) is 0.787. The van der Waals surface area contributed by atoms with Crippen LogP contribution in [0.15, 0.2) is 6.07 Å². The van der Waals surface area contributed by atoms with Gasteiger partial charge < -0.3 is 11.1 Å². The summed E-state index contributed by atoms with van der Waals surface area (Å²) in [5.41, 5.74) is 5.97. The number of aryl methyl sites for hydroxylation is 2. The van der Waals surface area contributed by atoms with E-state index >= 15 is 0 Å². The molecule has 0 saturated carbocycles. The zero-order valence-corrected chi connectivity index (χ0v) is 10.1. The zero-order chi connectivity index (χ0) is 12.4. The van der Waals surface area contributed by atoms with Gasteiger partial charge in [-0.15, -0.1) is 20.4 Å². The second kappa shape index (κ2) is 4.42. The summed E-state index contributed by atoms with van der Waals surface area (Å²) in [5, 5.41) is 19.8. The molecule has 3 N–H and O–H groups in total. The minimum absolute atomic E-state index is 0.170. The van der Waals surface area contributed by atoms with Crippen molar-refractivity contribution in [2.45, 2.75) is 13.8 Å². The van der Waals surface area contributed by atoms with E-state index in [0.717, 1.165) is 5.01 Å². The maximum absolute atomic E-state index is 11.0. The highest BCUT2D eigenvalue weighted by atomic mass is 32.1. The van der Waals surface area contributed by atoms with Gasteiger partial charge in [0, 0.05) is 0 Å². The number of hydrogen-bond donors (Lipinski definition) is 2. The van der Waals surface area contributed by atoms with Crippen LogP contribution in [-0.4, -0.2) is 26.3 Å². The van der Waals surface area contributed by atoms with Crippen molar-refractivity contribution in [1.82, 2.24) is 20.4 Å². The van der Waals surface area contributed by atoms with Gasteiger partial charge in [0.05, 0.1) is 0 Å². The van der Waals surface area contributed by atoms with Crippen LogP contribution in [0.5, 0.6) is 0 Å². The molecule has 7 nitrogen and oxygen atoms in total. The van der Waals surface area contributed by atoms with Crippen molar-refractivity contribution in [3.8, 4) is 0 Å². The zero-order valence-electron chi connectivity index (χ0n) is 9.26. The number of hydrogen-bond acceptors (Lipinski definition) is 7. The third kappa shape index (κ3) is 2.53. The molecule has 0 aliphatic carbocycles. The first-order chi connectivity index (χ1) is 8.06. The largest absolute Gasteiger partial charge is 0.364 e. The SMILES string of the molecule is Cc1nnc(Nc2cc(C)c(C(N)=O)nn2)s1. The summed E-state index contributed by atoms with van der Waals surface area (Å²) in [6.45, 7) is 3.60. The van der Waals surface area contributed by atoms with E-state index in [2.05, 4.69) is 25.7 Å². The molecule has 0 spiro atoms. The number of carbonyl (C=O) groups is 1. The van der Waals surface area contributed by atoms with Crippen LogP contribution in [0, 0.1) is 13.8 Å². The fraction of sp³-hybridized carbons (Fsp3) is 0.222. The van der Waals surface area contributed by atoms with Crippen LogP contribution < -0.4 is 11.1 Å². The average Bonchev–Trinajstić information content (AvgIpc) is 2.63. The molecule has 0 aliphatic rings. The van der Waals surface area contributed by atoms with Crippen LogP contribution in [-0.2, 0) is 0 Å². The van der Waals surface area contributed by atoms with Gasteiger partial charge in [-0.05, 0) is 25.5 Å². The molecule has 1 amide bonds. The summed E-state index contributed by atoms with van der Waals surface area (Å²) in [6.07, 6.45) is 0. The summed E-state index contributed by atoms with van der Waals surface area (Å²) in [4.78, 5) is 11.0. The number of amides is 1. The monoisotopic (exact) mass is 250 g/mol. The molecule has 0 aliphatic heterocycles. The van der Waals surface area contributed by atoms with Crippen molar-refractivity contribution in [1.29, 1.82) is 0 Å². The van der Waals surface area contributed by atoms with Crippen molar-refractivity contribution >= 4 is 28.2 Å². The number of anilines is 2. The van der Waals surface area contributed by atoms with Crippen LogP contribution in [0.3, 0.4) is 0 Å². The first-order valence-electron chi connectivity index (χ1n) is 4.77. The number of primary amides is 1. The highest BCUT2D eigenvalue weighted by Crippen LogP contribution is 2.19. The first kappa shape index (κ1) is 11.4. The standard InChI is InChI=1S/C9H10N6OS/c1-4-3-6(13-14-7(4)8(10)16)11-9-15-12-5(2)17-9/h3H,1-2H3,(H2,10,16)(H,11,13,15). The lowest BCUT2D eigenvalue weighted by atomic mass is 10.2. The number of nitrogens with two attached hydrogens (primary N) is 1. The molecular formula is C9H10N6OS. The molecule has 0 aromatic carbocycles. The summed E-state index contributed by atoms with van der Waals surface area (Å²) in [5.74, 6) is -0.0861. The summed E-state index contributed by atoms with van der Waals surface area (Å²) in [7, 11) is 0. The predicted molar refractivity (Wildman–Crippen MR) is 63.2 cm³/mol. The first-order valence-corrected chi connectivity index (χ1v) is 5.59. The average molecular weight is 250 g/mol. The van der Waals surface area contributed by atoms with E-state index in [0.29, 0.717) is 16.5 Å². The van der Waals surface area contributed by atoms with Crippen molar-refractivity contribution < 1.29 is 4.79 Å². The van der Waals surface area contributed by atoms with E-state index in [4.69, 9.17) is 5.73 Å². The highest BCUT2D eigenvalue weighted by molar-refractivity contribution is 7.15. The van der Waals surface area contributed by atoms with E-state index in [1.807, 2.05) is 6.92 Å². The van der Waals surface area contributed by atoms with Gasteiger partial charge in [-0.3, -0.25) is 4.79 Å². The second-order valence-corrected chi connectivity index (χ2v) is 4.56. The molecule has 2 aromatic heterocycles. The maximum Gasteiger partial charge on any atom is 0.269 e. The van der Waals surface area contributed by atoms with Crippen LogP contribution in [0.2, 0.25) is 0 Å². The number of nitrogens with one attached hydrogen (secondary N) is 1. The van der Waals surface area contributed by atoms with E-state index in [-0.39, 0.29) is 5.69 Å². The molecule has 8 heteroatoms. The summed E-state index contributed by atoms with van der Waals surface area (Å²) in [6, 6.07) is 1.68. The van der Waals surface area contributed by atoms with Crippen molar-refractivity contribution in [3.05, 3.63) is 22.3 Å². The Hall–Kier alpha value is -2.09. The molecule has 2 aromatic rings. The Morgan fingerprint density at radius 2 is 2.06 bits per heavy atom. The third-order valence-electron chi connectivity index (χ3n) is 1.98. The fourth-order valence-corrected chi connectivity index (χ4v) is 1.85. The quantitative estimate of drug-likeness (QED) is 0.833. The smallest absolute Gasteiger partial charge is 0.269 e. The Kier molecular flexibility index (Phi) is 2.96. The number of nitrogens with zero attached hydrogens (tertiary/aromatic N) is 4. The summed E-state index contributed by atoms with van der Waals surface area (Å²) < 4.78 is 0. The molecule has 2 rings (SSSR count). The van der Waals surface area contributed by atoms with Crippen molar-refractivity contribution in [2.24, 2.45) is 5.73 Å². The second-order valence-electron chi connectivity index (χ2n) is 3.38. The van der Waals surface area contributed by atoms with E-state index in [9.17, 15) is 4.79 Å². The van der Waals surface area contributed by atoms with Gasteiger partial charge in [0.1, 0.15) is 5.01 Å². The van der Waals surface area contributed by atoms with E-state index < -0.39 is 5.91 Å². The van der Waals surface area contributed by atoms with Gasteiger partial charge in [-0.1, -0.05) is 11.3 Å².